The van der Waals surface area contributed by atoms with Crippen molar-refractivity contribution in [2.75, 3.05) is 6.54 Å². The van der Waals surface area contributed by atoms with Crippen LogP contribution in [0.25, 0.3) is 0 Å². The van der Waals surface area contributed by atoms with Crippen LogP contribution in [0, 0.1) is 0 Å². The van der Waals surface area contributed by atoms with Gasteiger partial charge in [-0.15, -0.1) is 0 Å². The van der Waals surface area contributed by atoms with Gasteiger partial charge in [-0.3, -0.25) is 4.79 Å². The van der Waals surface area contributed by atoms with Crippen molar-refractivity contribution < 1.29 is 9.59 Å². The molecule has 1 heterocycles. The summed E-state index contributed by atoms with van der Waals surface area (Å²) in [6.07, 6.45) is 4.06. The van der Waals surface area contributed by atoms with Crippen LogP contribution >= 0.6 is 0 Å². The van der Waals surface area contributed by atoms with Gasteiger partial charge in [0.05, 0.1) is 6.04 Å². The minimum atomic E-state index is -0.301. The van der Waals surface area contributed by atoms with E-state index in [0.29, 0.717) is 12.8 Å². The first-order chi connectivity index (χ1) is 8.31. The molecule has 1 aliphatic heterocycles. The van der Waals surface area contributed by atoms with Gasteiger partial charge in [0.25, 0.3) is 0 Å². The van der Waals surface area contributed by atoms with Crippen LogP contribution in [0.3, 0.4) is 0 Å². The van der Waals surface area contributed by atoms with E-state index in [-0.39, 0.29) is 11.9 Å². The molecule has 1 saturated heterocycles. The molecule has 0 bridgehead atoms. The van der Waals surface area contributed by atoms with Crippen LogP contribution in [0.1, 0.15) is 24.8 Å². The van der Waals surface area contributed by atoms with Crippen LogP contribution in [0.5, 0.6) is 0 Å². The summed E-state index contributed by atoms with van der Waals surface area (Å²) in [6, 6.07) is 9.54. The molecule has 17 heavy (non-hydrogen) atoms. The second-order valence-corrected chi connectivity index (χ2v) is 4.44. The van der Waals surface area contributed by atoms with E-state index in [4.69, 9.17) is 0 Å². The Balaban J connectivity index is 2.05. The lowest BCUT2D eigenvalue weighted by atomic mass is 10.0. The Labute approximate surface area is 101 Å². The third-order valence-corrected chi connectivity index (χ3v) is 3.21. The van der Waals surface area contributed by atoms with E-state index >= 15 is 0 Å². The zero-order valence-electron chi connectivity index (χ0n) is 9.84. The molecule has 0 aromatic heterocycles. The van der Waals surface area contributed by atoms with Crippen molar-refractivity contribution in [3.05, 3.63) is 35.9 Å². The van der Waals surface area contributed by atoms with Crippen LogP contribution in [0.2, 0.25) is 0 Å². The fraction of sp³-hybridized carbons (Fsp3) is 0.429. The molecule has 90 valence electrons. The van der Waals surface area contributed by atoms with Crippen molar-refractivity contribution in [2.24, 2.45) is 0 Å². The molecule has 1 atom stereocenters. The topological polar surface area (TPSA) is 37.4 Å². The quantitative estimate of drug-likeness (QED) is 0.741. The Morgan fingerprint density at radius 2 is 2.00 bits per heavy atom. The van der Waals surface area contributed by atoms with E-state index in [1.807, 2.05) is 30.3 Å². The lowest BCUT2D eigenvalue weighted by Crippen LogP contribution is -2.45. The number of hydrogen-bond donors (Lipinski definition) is 0. The van der Waals surface area contributed by atoms with Crippen LogP contribution in [-0.2, 0) is 16.0 Å². The number of amides is 1. The Morgan fingerprint density at radius 1 is 1.24 bits per heavy atom. The van der Waals surface area contributed by atoms with Crippen molar-refractivity contribution in [3.63, 3.8) is 0 Å². The minimum absolute atomic E-state index is 0.115. The molecule has 0 aliphatic carbocycles. The van der Waals surface area contributed by atoms with Crippen LogP contribution in [0.15, 0.2) is 30.3 Å². The van der Waals surface area contributed by atoms with Gasteiger partial charge in [-0.2, -0.15) is 0 Å². The fourth-order valence-corrected chi connectivity index (χ4v) is 2.26. The van der Waals surface area contributed by atoms with E-state index in [1.54, 1.807) is 4.90 Å². The molecule has 1 fully saturated rings. The van der Waals surface area contributed by atoms with E-state index in [9.17, 15) is 9.59 Å². The highest BCUT2D eigenvalue weighted by Gasteiger charge is 2.25. The fourth-order valence-electron chi connectivity index (χ4n) is 2.26. The van der Waals surface area contributed by atoms with Crippen molar-refractivity contribution in [2.45, 2.75) is 31.7 Å². The zero-order valence-corrected chi connectivity index (χ0v) is 9.84. The number of likely N-dealkylation sites (tertiary alicyclic amines) is 1. The molecule has 0 spiro atoms. The number of benzene rings is 1. The lowest BCUT2D eigenvalue weighted by Gasteiger charge is -2.31. The maximum Gasteiger partial charge on any atom is 0.223 e. The molecule has 0 radical (unpaired) electrons. The van der Waals surface area contributed by atoms with Crippen molar-refractivity contribution in [1.82, 2.24) is 4.90 Å². The molecule has 3 nitrogen and oxygen atoms in total. The summed E-state index contributed by atoms with van der Waals surface area (Å²) in [7, 11) is 0. The molecule has 1 aliphatic rings. The average molecular weight is 231 g/mol. The molecule has 0 unspecified atom stereocenters. The van der Waals surface area contributed by atoms with E-state index in [2.05, 4.69) is 0 Å². The van der Waals surface area contributed by atoms with Crippen LogP contribution in [0.4, 0.5) is 0 Å². The van der Waals surface area contributed by atoms with Crippen LogP contribution in [-0.4, -0.2) is 29.7 Å². The van der Waals surface area contributed by atoms with E-state index in [1.165, 1.54) is 0 Å². The number of aldehydes is 1. The Bertz CT molecular complexity index is 388. The van der Waals surface area contributed by atoms with Gasteiger partial charge in [0.2, 0.25) is 5.91 Å². The number of carbonyl (C=O) groups is 2. The number of carbonyl (C=O) groups excluding carboxylic acids is 2. The Morgan fingerprint density at radius 3 is 2.65 bits per heavy atom. The normalized spacial score (nSPS) is 17.9. The van der Waals surface area contributed by atoms with Gasteiger partial charge in [-0.25, -0.2) is 0 Å². The first kappa shape index (κ1) is 11.8. The maximum absolute atomic E-state index is 11.8. The van der Waals surface area contributed by atoms with Crippen molar-refractivity contribution in [1.29, 1.82) is 0 Å². The Kier molecular flexibility index (Phi) is 3.91. The molecule has 1 aromatic carbocycles. The smallest absolute Gasteiger partial charge is 0.223 e. The third-order valence-electron chi connectivity index (χ3n) is 3.21. The predicted octanol–water partition coefficient (Wildman–Crippen LogP) is 1.81. The maximum atomic E-state index is 11.8. The zero-order chi connectivity index (χ0) is 12.1. The molecule has 3 heteroatoms. The van der Waals surface area contributed by atoms with Gasteiger partial charge < -0.3 is 9.69 Å². The molecule has 1 amide bonds. The summed E-state index contributed by atoms with van der Waals surface area (Å²) >= 11 is 0. The summed E-state index contributed by atoms with van der Waals surface area (Å²) in [5.74, 6) is 0.115. The average Bonchev–Trinajstić information content (AvgIpc) is 2.38. The molecule has 1 aromatic rings. The highest BCUT2D eigenvalue weighted by Crippen LogP contribution is 2.15. The van der Waals surface area contributed by atoms with Gasteiger partial charge in [-0.1, -0.05) is 30.3 Å². The number of hydrogen-bond acceptors (Lipinski definition) is 2. The third kappa shape index (κ3) is 2.93. The second-order valence-electron chi connectivity index (χ2n) is 4.44. The standard InChI is InChI=1S/C14H17NO2/c16-11-13(10-12-6-2-1-3-7-12)15-9-5-4-8-14(15)17/h1-3,6-7,11,13H,4-5,8-10H2/t13-/m1/s1. The van der Waals surface area contributed by atoms with Crippen LogP contribution < -0.4 is 0 Å². The largest absolute Gasteiger partial charge is 0.333 e. The summed E-state index contributed by atoms with van der Waals surface area (Å²) in [6.45, 7) is 0.717. The highest BCUT2D eigenvalue weighted by molar-refractivity contribution is 5.80. The molecule has 2 rings (SSSR count). The first-order valence-electron chi connectivity index (χ1n) is 6.10. The molecule has 0 N–H and O–H groups in total. The monoisotopic (exact) mass is 231 g/mol. The second kappa shape index (κ2) is 5.62. The molecular weight excluding hydrogens is 214 g/mol. The molecule has 0 saturated carbocycles. The van der Waals surface area contributed by atoms with Gasteiger partial charge in [0, 0.05) is 13.0 Å². The highest BCUT2D eigenvalue weighted by atomic mass is 16.2. The summed E-state index contributed by atoms with van der Waals surface area (Å²) in [4.78, 5) is 24.6. The summed E-state index contributed by atoms with van der Waals surface area (Å²) < 4.78 is 0. The van der Waals surface area contributed by atoms with Crippen molar-refractivity contribution in [3.8, 4) is 0 Å². The number of rotatable bonds is 4. The predicted molar refractivity (Wildman–Crippen MR) is 65.6 cm³/mol. The van der Waals surface area contributed by atoms with Gasteiger partial charge in [0.15, 0.2) is 0 Å². The number of piperidine rings is 1. The van der Waals surface area contributed by atoms with E-state index in [0.717, 1.165) is 31.2 Å². The Hall–Kier alpha value is -1.64. The van der Waals surface area contributed by atoms with Gasteiger partial charge in [0.1, 0.15) is 6.29 Å². The van der Waals surface area contributed by atoms with Crippen molar-refractivity contribution >= 4 is 12.2 Å². The number of nitrogens with zero attached hydrogens (tertiary/aromatic N) is 1. The summed E-state index contributed by atoms with van der Waals surface area (Å²) in [5, 5.41) is 0. The first-order valence-corrected chi connectivity index (χ1v) is 6.10. The lowest BCUT2D eigenvalue weighted by molar-refractivity contribution is -0.138. The van der Waals surface area contributed by atoms with Gasteiger partial charge >= 0.3 is 0 Å². The van der Waals surface area contributed by atoms with E-state index < -0.39 is 0 Å². The molecular formula is C14H17NO2. The van der Waals surface area contributed by atoms with Gasteiger partial charge in [-0.05, 0) is 24.8 Å². The summed E-state index contributed by atoms with van der Waals surface area (Å²) in [5.41, 5.74) is 1.10. The minimum Gasteiger partial charge on any atom is -0.333 e. The SMILES string of the molecule is O=C[C@@H](Cc1ccccc1)N1CCCCC1=O.